The molecule has 0 fully saturated rings. The number of unbranched alkanes of at least 4 members (excludes halogenated alkanes) is 1. The number of nitrogens with one attached hydrogen (secondary N) is 2. The molecule has 0 heterocycles. The summed E-state index contributed by atoms with van der Waals surface area (Å²) in [5.74, 6) is -0.292. The lowest BCUT2D eigenvalue weighted by molar-refractivity contribution is -0.384. The van der Waals surface area contributed by atoms with Crippen LogP contribution in [0.15, 0.2) is 47.6 Å². The maximum Gasteiger partial charge on any atom is 0.288 e. The van der Waals surface area contributed by atoms with Crippen molar-refractivity contribution < 1.29 is 19.2 Å². The second kappa shape index (κ2) is 11.5. The highest BCUT2D eigenvalue weighted by molar-refractivity contribution is 6.32. The molecule has 0 aliphatic heterocycles. The van der Waals surface area contributed by atoms with E-state index in [4.69, 9.17) is 16.3 Å². The lowest BCUT2D eigenvalue weighted by Crippen LogP contribution is -2.34. The number of ether oxygens (including phenoxy) is 1. The summed E-state index contributed by atoms with van der Waals surface area (Å²) in [5.41, 5.74) is 2.75. The molecule has 30 heavy (non-hydrogen) atoms. The molecule has 158 valence electrons. The fraction of sp³-hybridized carbons (Fsp3) is 0.250. The molecular formula is C20H21ClN4O5. The molecule has 2 amide bonds. The van der Waals surface area contributed by atoms with Crippen molar-refractivity contribution in [3.63, 3.8) is 0 Å². The van der Waals surface area contributed by atoms with Gasteiger partial charge in [0.25, 0.3) is 17.5 Å². The lowest BCUT2D eigenvalue weighted by atomic mass is 10.2. The van der Waals surface area contributed by atoms with E-state index < -0.39 is 16.7 Å². The Hall–Kier alpha value is -3.46. The van der Waals surface area contributed by atoms with Gasteiger partial charge in [0.2, 0.25) is 0 Å². The normalized spacial score (nSPS) is 10.6. The molecule has 10 heteroatoms. The number of halogens is 1. The number of carbonyl (C=O) groups excluding carboxylic acids is 2. The summed E-state index contributed by atoms with van der Waals surface area (Å²) in [7, 11) is 0. The van der Waals surface area contributed by atoms with Crippen molar-refractivity contribution in [3.8, 4) is 5.75 Å². The summed E-state index contributed by atoms with van der Waals surface area (Å²) in [6.45, 7) is 2.40. The molecule has 0 spiro atoms. The summed E-state index contributed by atoms with van der Waals surface area (Å²) in [6.07, 6.45) is 3.22. The Morgan fingerprint density at radius 3 is 2.63 bits per heavy atom. The molecule has 2 N–H and O–H groups in total. The van der Waals surface area contributed by atoms with Crippen molar-refractivity contribution in [1.29, 1.82) is 0 Å². The Morgan fingerprint density at radius 2 is 1.97 bits per heavy atom. The van der Waals surface area contributed by atoms with Gasteiger partial charge in [-0.1, -0.05) is 31.0 Å². The third-order valence-electron chi connectivity index (χ3n) is 3.86. The molecule has 0 bridgehead atoms. The van der Waals surface area contributed by atoms with Crippen LogP contribution < -0.4 is 15.5 Å². The number of benzene rings is 2. The van der Waals surface area contributed by atoms with Gasteiger partial charge < -0.3 is 10.1 Å². The van der Waals surface area contributed by atoms with Crippen LogP contribution in [0.1, 0.15) is 35.7 Å². The van der Waals surface area contributed by atoms with Gasteiger partial charge in [-0.05, 0) is 36.8 Å². The Labute approximate surface area is 178 Å². The summed E-state index contributed by atoms with van der Waals surface area (Å²) < 4.78 is 5.53. The molecule has 0 atom stereocenters. The highest BCUT2D eigenvalue weighted by Crippen LogP contribution is 2.24. The quantitative estimate of drug-likeness (QED) is 0.258. The smallest absolute Gasteiger partial charge is 0.288 e. The fourth-order valence-corrected chi connectivity index (χ4v) is 2.45. The van der Waals surface area contributed by atoms with E-state index in [1.807, 2.05) is 0 Å². The van der Waals surface area contributed by atoms with Crippen LogP contribution in [0.25, 0.3) is 0 Å². The van der Waals surface area contributed by atoms with Gasteiger partial charge in [0.1, 0.15) is 10.8 Å². The number of nitro groups is 1. The van der Waals surface area contributed by atoms with Crippen molar-refractivity contribution in [3.05, 3.63) is 68.7 Å². The molecule has 0 aliphatic carbocycles. The van der Waals surface area contributed by atoms with E-state index in [-0.39, 0.29) is 17.3 Å². The molecule has 2 rings (SSSR count). The van der Waals surface area contributed by atoms with Crippen LogP contribution in [0.2, 0.25) is 5.02 Å². The highest BCUT2D eigenvalue weighted by atomic mass is 35.5. The molecule has 0 saturated heterocycles. The van der Waals surface area contributed by atoms with Gasteiger partial charge in [0, 0.05) is 17.2 Å². The Bertz CT molecular complexity index is 931. The molecule has 9 nitrogen and oxygen atoms in total. The SMILES string of the molecule is CCCCOc1ccc(C(=O)NCC(=O)NN=Cc2ccc(Cl)c([N+](=O)[O-])c2)cc1. The van der Waals surface area contributed by atoms with E-state index in [9.17, 15) is 19.7 Å². The molecule has 0 unspecified atom stereocenters. The topological polar surface area (TPSA) is 123 Å². The van der Waals surface area contributed by atoms with Crippen LogP contribution >= 0.6 is 11.6 Å². The van der Waals surface area contributed by atoms with Crippen LogP contribution in [0.4, 0.5) is 5.69 Å². The number of hydrogen-bond acceptors (Lipinski definition) is 6. The Morgan fingerprint density at radius 1 is 1.23 bits per heavy atom. The van der Waals surface area contributed by atoms with E-state index >= 15 is 0 Å². The number of nitro benzene ring substituents is 1. The Balaban J connectivity index is 1.80. The number of nitrogens with zero attached hydrogens (tertiary/aromatic N) is 2. The maximum atomic E-state index is 12.1. The van der Waals surface area contributed by atoms with E-state index in [1.165, 1.54) is 24.4 Å². The molecular weight excluding hydrogens is 412 g/mol. The largest absolute Gasteiger partial charge is 0.494 e. The van der Waals surface area contributed by atoms with Crippen LogP contribution in [-0.4, -0.2) is 36.1 Å². The standard InChI is InChI=1S/C20H21ClN4O5/c1-2-3-10-30-16-7-5-15(6-8-16)20(27)22-13-19(26)24-23-12-14-4-9-17(21)18(11-14)25(28)29/h4-9,11-12H,2-3,10,13H2,1H3,(H,22,27)(H,24,26). The highest BCUT2D eigenvalue weighted by Gasteiger charge is 2.12. The monoisotopic (exact) mass is 432 g/mol. The zero-order valence-corrected chi connectivity index (χ0v) is 17.0. The summed E-state index contributed by atoms with van der Waals surface area (Å²) in [5, 5.41) is 17.1. The average molecular weight is 433 g/mol. The first kappa shape index (κ1) is 22.8. The molecule has 0 saturated carbocycles. The van der Waals surface area contributed by atoms with Gasteiger partial charge in [-0.2, -0.15) is 5.10 Å². The first-order chi connectivity index (χ1) is 14.4. The van der Waals surface area contributed by atoms with Crippen LogP contribution in [-0.2, 0) is 4.79 Å². The van der Waals surface area contributed by atoms with Crippen molar-refractivity contribution in [2.24, 2.45) is 5.10 Å². The zero-order chi connectivity index (χ0) is 21.9. The van der Waals surface area contributed by atoms with Gasteiger partial charge in [0.15, 0.2) is 0 Å². The summed E-state index contributed by atoms with van der Waals surface area (Å²) >= 11 is 5.73. The van der Waals surface area contributed by atoms with Gasteiger partial charge in [-0.25, -0.2) is 5.43 Å². The minimum Gasteiger partial charge on any atom is -0.494 e. The van der Waals surface area contributed by atoms with Crippen molar-refractivity contribution in [1.82, 2.24) is 10.7 Å². The van der Waals surface area contributed by atoms with E-state index in [1.54, 1.807) is 24.3 Å². The van der Waals surface area contributed by atoms with Crippen molar-refractivity contribution in [2.75, 3.05) is 13.2 Å². The number of amides is 2. The predicted molar refractivity (Wildman–Crippen MR) is 113 cm³/mol. The number of hydrazone groups is 1. The van der Waals surface area contributed by atoms with Crippen LogP contribution in [0.3, 0.4) is 0 Å². The van der Waals surface area contributed by atoms with E-state index in [2.05, 4.69) is 22.8 Å². The van der Waals surface area contributed by atoms with Gasteiger partial charge >= 0.3 is 0 Å². The molecule has 2 aromatic rings. The lowest BCUT2D eigenvalue weighted by Gasteiger charge is -2.07. The molecule has 0 aliphatic rings. The van der Waals surface area contributed by atoms with E-state index in [0.717, 1.165) is 12.8 Å². The van der Waals surface area contributed by atoms with Crippen molar-refractivity contribution in [2.45, 2.75) is 19.8 Å². The number of hydrogen-bond donors (Lipinski definition) is 2. The number of rotatable bonds is 10. The van der Waals surface area contributed by atoms with Crippen LogP contribution in [0, 0.1) is 10.1 Å². The van der Waals surface area contributed by atoms with Gasteiger partial charge in [-0.3, -0.25) is 19.7 Å². The first-order valence-corrected chi connectivity index (χ1v) is 9.55. The molecule has 0 radical (unpaired) electrons. The third kappa shape index (κ3) is 7.17. The van der Waals surface area contributed by atoms with Gasteiger partial charge in [-0.15, -0.1) is 0 Å². The zero-order valence-electron chi connectivity index (χ0n) is 16.3. The van der Waals surface area contributed by atoms with Gasteiger partial charge in [0.05, 0.1) is 24.3 Å². The fourth-order valence-electron chi connectivity index (χ4n) is 2.27. The average Bonchev–Trinajstić information content (AvgIpc) is 2.73. The maximum absolute atomic E-state index is 12.1. The minimum absolute atomic E-state index is 0.00412. The summed E-state index contributed by atoms with van der Waals surface area (Å²) in [4.78, 5) is 34.2. The predicted octanol–water partition coefficient (Wildman–Crippen LogP) is 3.31. The second-order valence-corrected chi connectivity index (χ2v) is 6.58. The molecule has 0 aromatic heterocycles. The third-order valence-corrected chi connectivity index (χ3v) is 4.18. The van der Waals surface area contributed by atoms with Crippen molar-refractivity contribution >= 4 is 35.3 Å². The molecule has 2 aromatic carbocycles. The Kier molecular flexibility index (Phi) is 8.76. The number of carbonyl (C=O) groups is 2. The second-order valence-electron chi connectivity index (χ2n) is 6.17. The minimum atomic E-state index is -0.613. The summed E-state index contributed by atoms with van der Waals surface area (Å²) in [6, 6.07) is 10.7. The van der Waals surface area contributed by atoms with Crippen LogP contribution in [0.5, 0.6) is 5.75 Å². The first-order valence-electron chi connectivity index (χ1n) is 9.17. The van der Waals surface area contributed by atoms with E-state index in [0.29, 0.717) is 23.5 Å².